The number of piperidine rings is 1. The van der Waals surface area contributed by atoms with Crippen molar-refractivity contribution in [3.8, 4) is 17.2 Å². The van der Waals surface area contributed by atoms with Gasteiger partial charge in [0.05, 0.1) is 0 Å². The Labute approximate surface area is 157 Å². The lowest BCUT2D eigenvalue weighted by atomic mass is 10.1. The van der Waals surface area contributed by atoms with Crippen LogP contribution in [0.15, 0.2) is 48.7 Å². The van der Waals surface area contributed by atoms with Gasteiger partial charge in [-0.2, -0.15) is 0 Å². The number of ether oxygens (including phenoxy) is 3. The molecule has 5 rings (SSSR count). The molecule has 0 spiro atoms. The van der Waals surface area contributed by atoms with E-state index in [1.807, 2.05) is 36.5 Å². The van der Waals surface area contributed by atoms with E-state index in [9.17, 15) is 0 Å². The molecule has 6 nitrogen and oxygen atoms in total. The zero-order chi connectivity index (χ0) is 18.1. The van der Waals surface area contributed by atoms with Gasteiger partial charge in [-0.25, -0.2) is 4.98 Å². The maximum Gasteiger partial charge on any atom is 0.231 e. The summed E-state index contributed by atoms with van der Waals surface area (Å²) in [5.74, 6) is 3.21. The third kappa shape index (κ3) is 3.48. The van der Waals surface area contributed by atoms with Crippen LogP contribution < -0.4 is 24.8 Å². The molecule has 3 aromatic rings. The molecule has 6 heteroatoms. The van der Waals surface area contributed by atoms with Crippen molar-refractivity contribution >= 4 is 22.3 Å². The second-order valence-electron chi connectivity index (χ2n) is 6.84. The molecule has 138 valence electrons. The summed E-state index contributed by atoms with van der Waals surface area (Å²) in [5.41, 5.74) is 0.910. The Morgan fingerprint density at radius 1 is 0.963 bits per heavy atom. The van der Waals surface area contributed by atoms with Gasteiger partial charge in [0.25, 0.3) is 0 Å². The molecule has 2 aliphatic rings. The van der Waals surface area contributed by atoms with E-state index in [2.05, 4.69) is 27.8 Å². The second-order valence-corrected chi connectivity index (χ2v) is 6.84. The summed E-state index contributed by atoms with van der Waals surface area (Å²) in [6, 6.07) is 14.0. The Bertz CT molecular complexity index is 970. The van der Waals surface area contributed by atoms with Crippen molar-refractivity contribution in [3.63, 3.8) is 0 Å². The number of hydrogen-bond acceptors (Lipinski definition) is 6. The Balaban J connectivity index is 1.37. The van der Waals surface area contributed by atoms with Crippen molar-refractivity contribution in [3.05, 3.63) is 48.7 Å². The summed E-state index contributed by atoms with van der Waals surface area (Å²) in [7, 11) is 0. The van der Waals surface area contributed by atoms with Crippen LogP contribution in [0, 0.1) is 0 Å². The molecule has 27 heavy (non-hydrogen) atoms. The zero-order valence-electron chi connectivity index (χ0n) is 14.9. The number of rotatable bonds is 4. The summed E-state index contributed by atoms with van der Waals surface area (Å²) in [6.45, 7) is 2.31. The molecule has 2 aromatic carbocycles. The lowest BCUT2D eigenvalue weighted by Gasteiger charge is -2.24. The summed E-state index contributed by atoms with van der Waals surface area (Å²) in [6.07, 6.45) is 4.26. The summed E-state index contributed by atoms with van der Waals surface area (Å²) >= 11 is 0. The number of nitrogens with one attached hydrogen (secondary N) is 2. The third-order valence-electron chi connectivity index (χ3n) is 4.93. The monoisotopic (exact) mass is 363 g/mol. The molecule has 0 atom stereocenters. The minimum absolute atomic E-state index is 0.271. The summed E-state index contributed by atoms with van der Waals surface area (Å²) < 4.78 is 16.9. The van der Waals surface area contributed by atoms with Gasteiger partial charge in [-0.05, 0) is 67.7 Å². The van der Waals surface area contributed by atoms with Gasteiger partial charge in [0.15, 0.2) is 11.5 Å². The standard InChI is InChI=1S/C21H21N3O3/c1-3-18(27-17-5-7-22-8-6-17)9-15-10-21(23-12-14(1)15)24-16-2-4-19-20(11-16)26-13-25-19/h1-4,9-12,17,22H,5-8,13H2,(H,23,24). The van der Waals surface area contributed by atoms with Crippen LogP contribution in [0.4, 0.5) is 11.5 Å². The largest absolute Gasteiger partial charge is 0.490 e. The van der Waals surface area contributed by atoms with Gasteiger partial charge in [-0.1, -0.05) is 0 Å². The average Bonchev–Trinajstić information content (AvgIpc) is 3.16. The minimum Gasteiger partial charge on any atom is -0.490 e. The topological polar surface area (TPSA) is 64.6 Å². The van der Waals surface area contributed by atoms with Gasteiger partial charge in [-0.15, -0.1) is 0 Å². The fourth-order valence-corrected chi connectivity index (χ4v) is 3.49. The first kappa shape index (κ1) is 16.2. The Kier molecular flexibility index (Phi) is 4.18. The van der Waals surface area contributed by atoms with Crippen molar-refractivity contribution in [2.75, 3.05) is 25.2 Å². The van der Waals surface area contributed by atoms with E-state index in [0.717, 1.165) is 65.5 Å². The number of hydrogen-bond donors (Lipinski definition) is 2. The quantitative estimate of drug-likeness (QED) is 0.734. The van der Waals surface area contributed by atoms with Gasteiger partial charge >= 0.3 is 0 Å². The van der Waals surface area contributed by atoms with Crippen LogP contribution in [0.2, 0.25) is 0 Å². The van der Waals surface area contributed by atoms with Crippen LogP contribution in [0.1, 0.15) is 12.8 Å². The van der Waals surface area contributed by atoms with Gasteiger partial charge < -0.3 is 24.8 Å². The molecular weight excluding hydrogens is 342 g/mol. The number of aromatic nitrogens is 1. The highest BCUT2D eigenvalue weighted by Gasteiger charge is 2.15. The molecule has 0 bridgehead atoms. The Hall–Kier alpha value is -2.99. The van der Waals surface area contributed by atoms with E-state index in [0.29, 0.717) is 0 Å². The summed E-state index contributed by atoms with van der Waals surface area (Å²) in [4.78, 5) is 4.51. The van der Waals surface area contributed by atoms with E-state index in [-0.39, 0.29) is 12.9 Å². The fraction of sp³-hybridized carbons (Fsp3) is 0.286. The van der Waals surface area contributed by atoms with E-state index in [1.165, 1.54) is 0 Å². The van der Waals surface area contributed by atoms with Gasteiger partial charge in [0.1, 0.15) is 17.7 Å². The van der Waals surface area contributed by atoms with Gasteiger partial charge in [-0.3, -0.25) is 0 Å². The maximum absolute atomic E-state index is 6.16. The predicted molar refractivity (Wildman–Crippen MR) is 104 cm³/mol. The SMILES string of the molecule is c1cc2c(cc1Nc1cc3cc(OC4CCNCC4)ccc3cn1)OCO2. The van der Waals surface area contributed by atoms with Crippen molar-refractivity contribution in [2.24, 2.45) is 0 Å². The molecule has 1 aromatic heterocycles. The molecule has 0 radical (unpaired) electrons. The molecule has 2 aliphatic heterocycles. The molecule has 0 unspecified atom stereocenters. The first-order valence-electron chi connectivity index (χ1n) is 9.27. The molecule has 0 amide bonds. The second kappa shape index (κ2) is 6.96. The third-order valence-corrected chi connectivity index (χ3v) is 4.93. The zero-order valence-corrected chi connectivity index (χ0v) is 14.9. The van der Waals surface area contributed by atoms with E-state index in [4.69, 9.17) is 14.2 Å². The Morgan fingerprint density at radius 2 is 1.85 bits per heavy atom. The minimum atomic E-state index is 0.271. The molecule has 3 heterocycles. The van der Waals surface area contributed by atoms with Crippen molar-refractivity contribution < 1.29 is 14.2 Å². The normalized spacial score (nSPS) is 16.4. The smallest absolute Gasteiger partial charge is 0.231 e. The first-order chi connectivity index (χ1) is 13.3. The lowest BCUT2D eigenvalue weighted by molar-refractivity contribution is 0.162. The van der Waals surface area contributed by atoms with E-state index >= 15 is 0 Å². The molecule has 1 fully saturated rings. The highest BCUT2D eigenvalue weighted by atomic mass is 16.7. The van der Waals surface area contributed by atoms with Crippen LogP contribution >= 0.6 is 0 Å². The van der Waals surface area contributed by atoms with E-state index in [1.54, 1.807) is 0 Å². The number of fused-ring (bicyclic) bond motifs is 2. The number of benzene rings is 2. The van der Waals surface area contributed by atoms with Gasteiger partial charge in [0.2, 0.25) is 6.79 Å². The van der Waals surface area contributed by atoms with Crippen molar-refractivity contribution in [2.45, 2.75) is 18.9 Å². The lowest BCUT2D eigenvalue weighted by Crippen LogP contribution is -2.34. The fourth-order valence-electron chi connectivity index (χ4n) is 3.49. The number of nitrogens with zero attached hydrogens (tertiary/aromatic N) is 1. The van der Waals surface area contributed by atoms with Crippen LogP contribution in [-0.2, 0) is 0 Å². The molecule has 2 N–H and O–H groups in total. The van der Waals surface area contributed by atoms with E-state index < -0.39 is 0 Å². The van der Waals surface area contributed by atoms with Crippen molar-refractivity contribution in [1.82, 2.24) is 10.3 Å². The van der Waals surface area contributed by atoms with Gasteiger partial charge in [0, 0.05) is 23.3 Å². The molecule has 1 saturated heterocycles. The van der Waals surface area contributed by atoms with Crippen LogP contribution in [0.5, 0.6) is 17.2 Å². The van der Waals surface area contributed by atoms with Crippen LogP contribution in [-0.4, -0.2) is 31.0 Å². The average molecular weight is 363 g/mol. The number of pyridine rings is 1. The Morgan fingerprint density at radius 3 is 2.78 bits per heavy atom. The maximum atomic E-state index is 6.16. The summed E-state index contributed by atoms with van der Waals surface area (Å²) in [5, 5.41) is 8.88. The highest BCUT2D eigenvalue weighted by molar-refractivity contribution is 5.86. The van der Waals surface area contributed by atoms with Crippen LogP contribution in [0.3, 0.4) is 0 Å². The number of anilines is 2. The van der Waals surface area contributed by atoms with Crippen LogP contribution in [0.25, 0.3) is 10.8 Å². The van der Waals surface area contributed by atoms with Crippen molar-refractivity contribution in [1.29, 1.82) is 0 Å². The molecular formula is C21H21N3O3. The first-order valence-corrected chi connectivity index (χ1v) is 9.27. The molecule has 0 saturated carbocycles. The predicted octanol–water partition coefficient (Wildman–Crippen LogP) is 3.84. The molecule has 0 aliphatic carbocycles. The highest BCUT2D eigenvalue weighted by Crippen LogP contribution is 2.35.